The van der Waals surface area contributed by atoms with Crippen LogP contribution >= 0.6 is 11.3 Å². The molecule has 0 amide bonds. The zero-order chi connectivity index (χ0) is 11.3. The molecule has 0 atom stereocenters. The molecular formula is C9H7NO4S. The van der Waals surface area contributed by atoms with Crippen LogP contribution in [-0.2, 0) is 0 Å². The van der Waals surface area contributed by atoms with Crippen molar-refractivity contribution in [2.75, 3.05) is 6.61 Å². The van der Waals surface area contributed by atoms with Gasteiger partial charge in [0, 0.05) is 6.42 Å². The predicted molar refractivity (Wildman–Crippen MR) is 54.9 cm³/mol. The van der Waals surface area contributed by atoms with Crippen LogP contribution in [-0.4, -0.2) is 22.9 Å². The molecule has 1 rings (SSSR count). The Morgan fingerprint density at radius 1 is 1.67 bits per heavy atom. The van der Waals surface area contributed by atoms with E-state index in [0.29, 0.717) is 6.29 Å². The number of nitro groups is 1. The maximum atomic E-state index is 10.6. The highest BCUT2D eigenvalue weighted by Crippen LogP contribution is 2.28. The van der Waals surface area contributed by atoms with E-state index in [4.69, 9.17) is 5.11 Å². The molecular weight excluding hydrogens is 218 g/mol. The summed E-state index contributed by atoms with van der Waals surface area (Å²) in [6, 6.07) is 1.38. The molecule has 15 heavy (non-hydrogen) atoms. The van der Waals surface area contributed by atoms with Gasteiger partial charge in [-0.25, -0.2) is 0 Å². The molecule has 1 aromatic rings. The van der Waals surface area contributed by atoms with Crippen molar-refractivity contribution in [1.29, 1.82) is 0 Å². The molecule has 1 aromatic heterocycles. The molecule has 0 aromatic carbocycles. The van der Waals surface area contributed by atoms with Gasteiger partial charge in [-0.05, 0) is 6.07 Å². The minimum atomic E-state index is -0.569. The second-order valence-electron chi connectivity index (χ2n) is 2.52. The fourth-order valence-corrected chi connectivity index (χ4v) is 1.64. The highest BCUT2D eigenvalue weighted by atomic mass is 32.1. The van der Waals surface area contributed by atoms with Gasteiger partial charge in [0.15, 0.2) is 6.29 Å². The third kappa shape index (κ3) is 2.87. The number of carbonyl (C=O) groups is 1. The Kier molecular flexibility index (Phi) is 3.97. The van der Waals surface area contributed by atoms with E-state index >= 15 is 0 Å². The zero-order valence-corrected chi connectivity index (χ0v) is 8.41. The summed E-state index contributed by atoms with van der Waals surface area (Å²) in [6.45, 7) is -0.0918. The number of aliphatic hydroxyl groups is 1. The van der Waals surface area contributed by atoms with Crippen LogP contribution in [0.15, 0.2) is 6.07 Å². The summed E-state index contributed by atoms with van der Waals surface area (Å²) in [5.41, 5.74) is 0.223. The van der Waals surface area contributed by atoms with Gasteiger partial charge in [-0.2, -0.15) is 0 Å². The molecule has 0 bridgehead atoms. The van der Waals surface area contributed by atoms with Gasteiger partial charge < -0.3 is 5.11 Å². The average molecular weight is 225 g/mol. The fourth-order valence-electron chi connectivity index (χ4n) is 0.897. The Morgan fingerprint density at radius 3 is 2.93 bits per heavy atom. The van der Waals surface area contributed by atoms with E-state index in [-0.39, 0.29) is 28.5 Å². The van der Waals surface area contributed by atoms with Gasteiger partial charge in [0.2, 0.25) is 0 Å². The van der Waals surface area contributed by atoms with Crippen molar-refractivity contribution < 1.29 is 14.8 Å². The molecule has 0 fully saturated rings. The van der Waals surface area contributed by atoms with E-state index in [0.717, 1.165) is 11.3 Å². The summed E-state index contributed by atoms with van der Waals surface area (Å²) in [5, 5.41) is 18.9. The molecule has 6 heteroatoms. The Hall–Kier alpha value is -1.71. The summed E-state index contributed by atoms with van der Waals surface area (Å²) in [7, 11) is 0. The van der Waals surface area contributed by atoms with Gasteiger partial charge in [-0.1, -0.05) is 23.2 Å². The zero-order valence-electron chi connectivity index (χ0n) is 7.60. The normalized spacial score (nSPS) is 9.13. The van der Waals surface area contributed by atoms with E-state index < -0.39 is 4.92 Å². The van der Waals surface area contributed by atoms with Gasteiger partial charge in [-0.3, -0.25) is 14.9 Å². The van der Waals surface area contributed by atoms with Crippen molar-refractivity contribution >= 4 is 22.6 Å². The van der Waals surface area contributed by atoms with E-state index in [1.807, 2.05) is 0 Å². The van der Waals surface area contributed by atoms with Gasteiger partial charge in [0.25, 0.3) is 0 Å². The van der Waals surface area contributed by atoms with Crippen molar-refractivity contribution in [3.63, 3.8) is 0 Å². The van der Waals surface area contributed by atoms with E-state index in [9.17, 15) is 14.9 Å². The van der Waals surface area contributed by atoms with Crippen LogP contribution in [0.25, 0.3) is 0 Å². The second-order valence-corrected chi connectivity index (χ2v) is 3.58. The van der Waals surface area contributed by atoms with Crippen LogP contribution in [0.2, 0.25) is 0 Å². The third-order valence-electron chi connectivity index (χ3n) is 1.47. The van der Waals surface area contributed by atoms with Crippen LogP contribution in [0.4, 0.5) is 5.00 Å². The van der Waals surface area contributed by atoms with Crippen LogP contribution in [0, 0.1) is 22.0 Å². The average Bonchev–Trinajstić information content (AvgIpc) is 2.62. The van der Waals surface area contributed by atoms with Gasteiger partial charge in [-0.15, -0.1) is 0 Å². The highest BCUT2D eigenvalue weighted by Gasteiger charge is 2.17. The van der Waals surface area contributed by atoms with Gasteiger partial charge in [0.05, 0.1) is 16.4 Å². The quantitative estimate of drug-likeness (QED) is 0.363. The number of rotatable bonds is 3. The number of thiophene rings is 1. The summed E-state index contributed by atoms with van der Waals surface area (Å²) < 4.78 is 0. The highest BCUT2D eigenvalue weighted by molar-refractivity contribution is 7.17. The van der Waals surface area contributed by atoms with E-state index in [1.54, 1.807) is 0 Å². The maximum absolute atomic E-state index is 10.6. The van der Waals surface area contributed by atoms with Gasteiger partial charge >= 0.3 is 5.00 Å². The molecule has 0 spiro atoms. The first-order chi connectivity index (χ1) is 7.19. The first kappa shape index (κ1) is 11.4. The van der Waals surface area contributed by atoms with Crippen LogP contribution in [0.5, 0.6) is 0 Å². The van der Waals surface area contributed by atoms with E-state index in [1.165, 1.54) is 6.07 Å². The standard InChI is InChI=1S/C9H7NO4S/c11-4-2-1-3-7-5-8(6-12)15-9(7)10(13)14/h5-6,11H,2,4H2. The van der Waals surface area contributed by atoms with Crippen LogP contribution < -0.4 is 0 Å². The summed E-state index contributed by atoms with van der Waals surface area (Å²) in [5.74, 6) is 5.12. The summed E-state index contributed by atoms with van der Waals surface area (Å²) >= 11 is 0.794. The Balaban J connectivity index is 3.05. The molecule has 0 saturated carbocycles. The third-order valence-corrected chi connectivity index (χ3v) is 2.49. The molecule has 1 N–H and O–H groups in total. The van der Waals surface area contributed by atoms with Crippen molar-refractivity contribution in [2.45, 2.75) is 6.42 Å². The largest absolute Gasteiger partial charge is 0.395 e. The number of hydrogen-bond donors (Lipinski definition) is 1. The fraction of sp³-hybridized carbons (Fsp3) is 0.222. The van der Waals surface area contributed by atoms with Crippen molar-refractivity contribution in [3.05, 3.63) is 26.6 Å². The summed E-state index contributed by atoms with van der Waals surface area (Å²) in [6.07, 6.45) is 0.804. The smallest absolute Gasteiger partial charge is 0.340 e. The molecule has 0 aliphatic rings. The Bertz CT molecular complexity index is 441. The minimum Gasteiger partial charge on any atom is -0.395 e. The SMILES string of the molecule is O=Cc1cc(C#CCCO)c([N+](=O)[O-])s1. The molecule has 78 valence electrons. The number of nitrogens with zero attached hydrogens (tertiary/aromatic N) is 1. The number of carbonyl (C=O) groups excluding carboxylic acids is 1. The molecule has 5 nitrogen and oxygen atoms in total. The molecule has 0 aliphatic heterocycles. The lowest BCUT2D eigenvalue weighted by atomic mass is 10.3. The first-order valence-corrected chi connectivity index (χ1v) is 4.84. The maximum Gasteiger partial charge on any atom is 0.340 e. The molecule has 1 heterocycles. The number of aliphatic hydroxyl groups excluding tert-OH is 1. The van der Waals surface area contributed by atoms with Crippen LogP contribution in [0.3, 0.4) is 0 Å². The molecule has 0 unspecified atom stereocenters. The Labute approximate surface area is 89.5 Å². The Morgan fingerprint density at radius 2 is 2.40 bits per heavy atom. The molecule has 0 radical (unpaired) electrons. The summed E-state index contributed by atoms with van der Waals surface area (Å²) in [4.78, 5) is 20.7. The first-order valence-electron chi connectivity index (χ1n) is 4.02. The van der Waals surface area contributed by atoms with Crippen molar-refractivity contribution in [2.24, 2.45) is 0 Å². The van der Waals surface area contributed by atoms with Crippen molar-refractivity contribution in [3.8, 4) is 11.8 Å². The monoisotopic (exact) mass is 225 g/mol. The molecule has 0 aliphatic carbocycles. The second kappa shape index (κ2) is 5.24. The van der Waals surface area contributed by atoms with E-state index in [2.05, 4.69) is 11.8 Å². The van der Waals surface area contributed by atoms with Gasteiger partial charge in [0.1, 0.15) is 5.56 Å². The number of hydrogen-bond acceptors (Lipinski definition) is 5. The number of aldehydes is 1. The molecule has 0 saturated heterocycles. The lowest BCUT2D eigenvalue weighted by Crippen LogP contribution is -1.86. The van der Waals surface area contributed by atoms with Crippen molar-refractivity contribution in [1.82, 2.24) is 0 Å². The lowest BCUT2D eigenvalue weighted by molar-refractivity contribution is -0.380. The van der Waals surface area contributed by atoms with Crippen LogP contribution in [0.1, 0.15) is 21.7 Å². The predicted octanol–water partition coefficient (Wildman–Crippen LogP) is 1.20. The topological polar surface area (TPSA) is 80.4 Å². The lowest BCUT2D eigenvalue weighted by Gasteiger charge is -1.84. The minimum absolute atomic E-state index is 0.0918.